The summed E-state index contributed by atoms with van der Waals surface area (Å²) in [6, 6.07) is 0. The van der Waals surface area contributed by atoms with Gasteiger partial charge in [-0.1, -0.05) is 0 Å². The van der Waals surface area contributed by atoms with Gasteiger partial charge in [0.15, 0.2) is 10.2 Å². The fourth-order valence-corrected chi connectivity index (χ4v) is 6.70. The molecule has 4 aliphatic carbocycles. The lowest BCUT2D eigenvalue weighted by molar-refractivity contribution is 0.0567. The molecule has 0 saturated heterocycles. The molecule has 0 aliphatic heterocycles. The molecule has 3 N–H and O–H groups in total. The topological polar surface area (TPSA) is 41.3 Å². The Morgan fingerprint density at radius 3 is 1.62 bits per heavy atom. The van der Waals surface area contributed by atoms with Gasteiger partial charge in [0.25, 0.3) is 0 Å². The number of nitrogens with two attached hydrogens (primary N) is 1. The van der Waals surface area contributed by atoms with E-state index in [0.29, 0.717) is 16.2 Å². The number of hydrogen-bond donors (Lipinski definition) is 2. The minimum atomic E-state index is 0.304. The van der Waals surface area contributed by atoms with Gasteiger partial charge in [-0.15, -0.1) is 0 Å². The first kappa shape index (κ1) is 14.2. The SMILES string of the molecule is NC(=S)NC(=S)N(C12CCC(CC1)C2)C12CCC(CC1)C2. The van der Waals surface area contributed by atoms with Crippen molar-refractivity contribution in [2.45, 2.75) is 75.3 Å². The van der Waals surface area contributed by atoms with Crippen LogP contribution in [0.3, 0.4) is 0 Å². The Kier molecular flexibility index (Phi) is 3.23. The van der Waals surface area contributed by atoms with Crippen molar-refractivity contribution in [2.24, 2.45) is 17.6 Å². The molecule has 4 bridgehead atoms. The summed E-state index contributed by atoms with van der Waals surface area (Å²) in [6.07, 6.45) is 13.4. The Hall–Kier alpha value is -0.420. The summed E-state index contributed by atoms with van der Waals surface area (Å²) in [7, 11) is 0. The van der Waals surface area contributed by atoms with Crippen LogP contribution in [0.4, 0.5) is 0 Å². The van der Waals surface area contributed by atoms with Crippen molar-refractivity contribution >= 4 is 34.7 Å². The van der Waals surface area contributed by atoms with Crippen molar-refractivity contribution in [3.8, 4) is 0 Å². The summed E-state index contributed by atoms with van der Waals surface area (Å²) in [4.78, 5) is 2.63. The number of nitrogens with zero attached hydrogens (tertiary/aromatic N) is 1. The fraction of sp³-hybridized carbons (Fsp3) is 0.875. The molecule has 0 radical (unpaired) electrons. The molecule has 0 heterocycles. The lowest BCUT2D eigenvalue weighted by Gasteiger charge is -2.52. The maximum absolute atomic E-state index is 5.79. The van der Waals surface area contributed by atoms with Crippen LogP contribution in [0, 0.1) is 11.8 Å². The lowest BCUT2D eigenvalue weighted by Crippen LogP contribution is -2.63. The van der Waals surface area contributed by atoms with Crippen molar-refractivity contribution in [2.75, 3.05) is 0 Å². The molecule has 21 heavy (non-hydrogen) atoms. The van der Waals surface area contributed by atoms with E-state index in [-0.39, 0.29) is 0 Å². The summed E-state index contributed by atoms with van der Waals surface area (Å²) >= 11 is 10.8. The van der Waals surface area contributed by atoms with Gasteiger partial charge in [-0.2, -0.15) is 0 Å². The van der Waals surface area contributed by atoms with Crippen LogP contribution in [0.2, 0.25) is 0 Å². The van der Waals surface area contributed by atoms with Gasteiger partial charge in [-0.25, -0.2) is 0 Å². The van der Waals surface area contributed by atoms with E-state index >= 15 is 0 Å². The van der Waals surface area contributed by atoms with Gasteiger partial charge >= 0.3 is 0 Å². The third-order valence-corrected chi connectivity index (χ3v) is 7.18. The van der Waals surface area contributed by atoms with E-state index in [0.717, 1.165) is 16.9 Å². The molecule has 4 aliphatic rings. The quantitative estimate of drug-likeness (QED) is 0.765. The molecule has 5 heteroatoms. The molecular weight excluding hydrogens is 298 g/mol. The molecule has 0 aromatic carbocycles. The zero-order chi connectivity index (χ0) is 14.7. The number of hydrogen-bond acceptors (Lipinski definition) is 2. The third-order valence-electron chi connectivity index (χ3n) is 6.79. The van der Waals surface area contributed by atoms with E-state index in [2.05, 4.69) is 10.2 Å². The zero-order valence-corrected chi connectivity index (χ0v) is 14.2. The van der Waals surface area contributed by atoms with Gasteiger partial charge in [0.2, 0.25) is 0 Å². The first-order valence-electron chi connectivity index (χ1n) is 8.44. The highest BCUT2D eigenvalue weighted by Gasteiger charge is 2.59. The second kappa shape index (κ2) is 4.79. The van der Waals surface area contributed by atoms with Crippen molar-refractivity contribution in [3.05, 3.63) is 0 Å². The number of fused-ring (bicyclic) bond motifs is 4. The monoisotopic (exact) mass is 323 g/mol. The summed E-state index contributed by atoms with van der Waals surface area (Å²) < 4.78 is 0. The summed E-state index contributed by atoms with van der Waals surface area (Å²) in [5.74, 6) is 1.85. The van der Waals surface area contributed by atoms with Crippen molar-refractivity contribution in [1.82, 2.24) is 10.2 Å². The van der Waals surface area contributed by atoms with Gasteiger partial charge in [0.1, 0.15) is 0 Å². The van der Waals surface area contributed by atoms with E-state index in [1.54, 1.807) is 0 Å². The molecule has 0 spiro atoms. The predicted molar refractivity (Wildman–Crippen MR) is 93.0 cm³/mol. The lowest BCUT2D eigenvalue weighted by atomic mass is 9.83. The maximum atomic E-state index is 5.79. The maximum Gasteiger partial charge on any atom is 0.176 e. The molecule has 4 fully saturated rings. The van der Waals surface area contributed by atoms with Crippen molar-refractivity contribution in [1.29, 1.82) is 0 Å². The highest BCUT2D eigenvalue weighted by Crippen LogP contribution is 2.59. The largest absolute Gasteiger partial charge is 0.376 e. The van der Waals surface area contributed by atoms with Gasteiger partial charge in [0.05, 0.1) is 0 Å². The molecule has 3 nitrogen and oxygen atoms in total. The first-order chi connectivity index (χ1) is 10.0. The number of thiocarbonyl (C=S) groups is 2. The molecule has 4 rings (SSSR count). The molecule has 0 aromatic heterocycles. The second-order valence-electron chi connectivity index (χ2n) is 7.87. The highest BCUT2D eigenvalue weighted by atomic mass is 32.1. The molecule has 0 atom stereocenters. The standard InChI is InChI=1S/C16H25N3S2/c17-13(20)18-14(21)19(15-5-1-11(9-15)2-6-15)16-7-3-12(10-16)4-8-16/h11-12H,1-10H2,(H3,17,18,20,21). The Labute approximate surface area is 138 Å². The fourth-order valence-electron chi connectivity index (χ4n) is 6.05. The summed E-state index contributed by atoms with van der Waals surface area (Å²) in [5, 5.41) is 4.25. The molecule has 0 amide bonds. The first-order valence-corrected chi connectivity index (χ1v) is 9.26. The summed E-state index contributed by atoms with van der Waals surface area (Å²) in [5.41, 5.74) is 6.33. The van der Waals surface area contributed by atoms with Crippen LogP contribution in [0.15, 0.2) is 0 Å². The Balaban J connectivity index is 1.69. The van der Waals surface area contributed by atoms with E-state index in [9.17, 15) is 0 Å². The average Bonchev–Trinajstić information content (AvgIpc) is 3.17. The summed E-state index contributed by atoms with van der Waals surface area (Å²) in [6.45, 7) is 0. The van der Waals surface area contributed by atoms with E-state index < -0.39 is 0 Å². The van der Waals surface area contributed by atoms with Gasteiger partial charge in [-0.05, 0) is 100 Å². The van der Waals surface area contributed by atoms with Crippen LogP contribution in [0.5, 0.6) is 0 Å². The van der Waals surface area contributed by atoms with Gasteiger partial charge < -0.3 is 16.0 Å². The Morgan fingerprint density at radius 1 is 0.905 bits per heavy atom. The average molecular weight is 324 g/mol. The molecule has 0 unspecified atom stereocenters. The third kappa shape index (κ3) is 2.11. The number of rotatable bonds is 2. The molecule has 116 valence electrons. The Morgan fingerprint density at radius 2 is 1.33 bits per heavy atom. The van der Waals surface area contributed by atoms with Crippen molar-refractivity contribution in [3.63, 3.8) is 0 Å². The smallest absolute Gasteiger partial charge is 0.176 e. The van der Waals surface area contributed by atoms with E-state index in [1.165, 1.54) is 64.2 Å². The van der Waals surface area contributed by atoms with Gasteiger partial charge in [0, 0.05) is 11.1 Å². The van der Waals surface area contributed by atoms with Crippen LogP contribution in [0.25, 0.3) is 0 Å². The normalized spacial score (nSPS) is 43.2. The van der Waals surface area contributed by atoms with Gasteiger partial charge in [-0.3, -0.25) is 0 Å². The van der Waals surface area contributed by atoms with Crippen LogP contribution >= 0.6 is 24.4 Å². The van der Waals surface area contributed by atoms with Crippen LogP contribution in [-0.4, -0.2) is 26.2 Å². The van der Waals surface area contributed by atoms with Crippen LogP contribution in [-0.2, 0) is 0 Å². The molecule has 4 saturated carbocycles. The molecular formula is C16H25N3S2. The Bertz CT molecular complexity index is 444. The van der Waals surface area contributed by atoms with E-state index in [1.807, 2.05) is 0 Å². The minimum absolute atomic E-state index is 0.304. The highest BCUT2D eigenvalue weighted by molar-refractivity contribution is 7.81. The van der Waals surface area contributed by atoms with Crippen LogP contribution < -0.4 is 11.1 Å². The number of nitrogens with one attached hydrogen (secondary N) is 1. The minimum Gasteiger partial charge on any atom is -0.376 e. The predicted octanol–water partition coefficient (Wildman–Crippen LogP) is 3.07. The zero-order valence-electron chi connectivity index (χ0n) is 12.6. The van der Waals surface area contributed by atoms with Crippen molar-refractivity contribution < 1.29 is 0 Å². The molecule has 0 aromatic rings. The van der Waals surface area contributed by atoms with E-state index in [4.69, 9.17) is 30.2 Å². The van der Waals surface area contributed by atoms with Crippen LogP contribution in [0.1, 0.15) is 64.2 Å². The second-order valence-corrected chi connectivity index (χ2v) is 8.70.